The minimum Gasteiger partial charge on any atom is -0.340 e. The number of pyridine rings is 1. The normalized spacial score (nSPS) is 16.4. The second kappa shape index (κ2) is 6.83. The van der Waals surface area contributed by atoms with Crippen molar-refractivity contribution in [3.63, 3.8) is 0 Å². The molecule has 0 radical (unpaired) electrons. The summed E-state index contributed by atoms with van der Waals surface area (Å²) in [4.78, 5) is 31.4. The lowest BCUT2D eigenvalue weighted by atomic mass is 10.2. The molecule has 3 rings (SSSR count). The van der Waals surface area contributed by atoms with Gasteiger partial charge in [-0.3, -0.25) is 14.6 Å². The summed E-state index contributed by atoms with van der Waals surface area (Å²) in [5.74, 6) is -0.184. The average Bonchev–Trinajstić information content (AvgIpc) is 2.56. The molecular formula is C17H17N3O2S. The van der Waals surface area contributed by atoms with Gasteiger partial charge >= 0.3 is 0 Å². The Kier molecular flexibility index (Phi) is 4.62. The summed E-state index contributed by atoms with van der Waals surface area (Å²) in [6, 6.07) is 13.2. The van der Waals surface area contributed by atoms with Crippen LogP contribution in [0.2, 0.25) is 0 Å². The van der Waals surface area contributed by atoms with E-state index < -0.39 is 5.25 Å². The van der Waals surface area contributed by atoms with Gasteiger partial charge < -0.3 is 10.2 Å². The minimum atomic E-state index is -0.399. The van der Waals surface area contributed by atoms with Crippen molar-refractivity contribution in [3.05, 3.63) is 54.4 Å². The summed E-state index contributed by atoms with van der Waals surface area (Å²) in [6.45, 7) is 0.440. The van der Waals surface area contributed by atoms with Crippen molar-refractivity contribution in [1.82, 2.24) is 9.88 Å². The predicted molar refractivity (Wildman–Crippen MR) is 90.0 cm³/mol. The molecule has 2 amide bonds. The zero-order valence-electron chi connectivity index (χ0n) is 12.7. The summed E-state index contributed by atoms with van der Waals surface area (Å²) < 4.78 is 0. The first kappa shape index (κ1) is 15.6. The maximum absolute atomic E-state index is 12.4. The highest BCUT2D eigenvalue weighted by Gasteiger charge is 2.29. The van der Waals surface area contributed by atoms with Crippen LogP contribution in [-0.2, 0) is 16.1 Å². The number of anilines is 1. The first-order chi connectivity index (χ1) is 11.1. The molecule has 118 valence electrons. The third-order valence-corrected chi connectivity index (χ3v) is 4.89. The number of fused-ring (bicyclic) bond motifs is 1. The number of rotatable bonds is 4. The Hall–Kier alpha value is -2.34. The summed E-state index contributed by atoms with van der Waals surface area (Å²) >= 11 is 1.44. The summed E-state index contributed by atoms with van der Waals surface area (Å²) in [5.41, 5.74) is 1.64. The van der Waals surface area contributed by atoms with Crippen LogP contribution in [0.3, 0.4) is 0 Å². The largest absolute Gasteiger partial charge is 0.340 e. The number of para-hydroxylation sites is 1. The molecule has 0 spiro atoms. The molecule has 1 atom stereocenters. The van der Waals surface area contributed by atoms with E-state index in [4.69, 9.17) is 0 Å². The predicted octanol–water partition coefficient (Wildman–Crippen LogP) is 2.54. The molecule has 1 aromatic heterocycles. The van der Waals surface area contributed by atoms with Gasteiger partial charge in [-0.05, 0) is 24.3 Å². The SMILES string of the molecule is CN(Cc1ccccn1)C(=O)CC1Sc2ccccc2NC1=O. The van der Waals surface area contributed by atoms with Crippen LogP contribution in [0.5, 0.6) is 0 Å². The standard InChI is InChI=1S/C17H17N3O2S/c1-20(11-12-6-4-5-9-18-12)16(21)10-15-17(22)19-13-7-2-3-8-14(13)23-15/h2-9,15H,10-11H2,1H3,(H,19,22). The van der Waals surface area contributed by atoms with Crippen molar-refractivity contribution >= 4 is 29.3 Å². The van der Waals surface area contributed by atoms with Crippen molar-refractivity contribution < 1.29 is 9.59 Å². The molecule has 0 aliphatic carbocycles. The first-order valence-electron chi connectivity index (χ1n) is 7.34. The van der Waals surface area contributed by atoms with Crippen LogP contribution in [0.15, 0.2) is 53.6 Å². The molecule has 1 aliphatic rings. The van der Waals surface area contributed by atoms with Crippen molar-refractivity contribution in [1.29, 1.82) is 0 Å². The Bertz CT molecular complexity index is 721. The van der Waals surface area contributed by atoms with Crippen LogP contribution in [0.1, 0.15) is 12.1 Å². The van der Waals surface area contributed by atoms with E-state index in [0.29, 0.717) is 6.54 Å². The number of hydrogen-bond donors (Lipinski definition) is 1. The van der Waals surface area contributed by atoms with Crippen LogP contribution in [0.4, 0.5) is 5.69 Å². The minimum absolute atomic E-state index is 0.0670. The van der Waals surface area contributed by atoms with Gasteiger partial charge in [0.15, 0.2) is 0 Å². The highest BCUT2D eigenvalue weighted by atomic mass is 32.2. The molecule has 5 nitrogen and oxygen atoms in total. The lowest BCUT2D eigenvalue weighted by Crippen LogP contribution is -2.35. The van der Waals surface area contributed by atoms with E-state index >= 15 is 0 Å². The molecule has 23 heavy (non-hydrogen) atoms. The Labute approximate surface area is 139 Å². The van der Waals surface area contributed by atoms with Gasteiger partial charge in [-0.25, -0.2) is 0 Å². The molecule has 0 bridgehead atoms. The zero-order valence-corrected chi connectivity index (χ0v) is 13.5. The van der Waals surface area contributed by atoms with Crippen molar-refractivity contribution in [2.75, 3.05) is 12.4 Å². The highest BCUT2D eigenvalue weighted by Crippen LogP contribution is 2.36. The molecule has 1 aromatic carbocycles. The van der Waals surface area contributed by atoms with Gasteiger partial charge in [-0.2, -0.15) is 0 Å². The molecule has 2 heterocycles. The zero-order chi connectivity index (χ0) is 16.2. The van der Waals surface area contributed by atoms with Gasteiger partial charge in [-0.1, -0.05) is 18.2 Å². The van der Waals surface area contributed by atoms with E-state index in [1.54, 1.807) is 18.1 Å². The number of benzene rings is 1. The van der Waals surface area contributed by atoms with Crippen LogP contribution in [0.25, 0.3) is 0 Å². The van der Waals surface area contributed by atoms with E-state index in [2.05, 4.69) is 10.3 Å². The van der Waals surface area contributed by atoms with Crippen molar-refractivity contribution in [3.8, 4) is 0 Å². The number of amides is 2. The Balaban J connectivity index is 1.63. The van der Waals surface area contributed by atoms with Crippen molar-refractivity contribution in [2.45, 2.75) is 23.1 Å². The molecular weight excluding hydrogens is 310 g/mol. The quantitative estimate of drug-likeness (QED) is 0.937. The highest BCUT2D eigenvalue weighted by molar-refractivity contribution is 8.01. The van der Waals surface area contributed by atoms with E-state index in [0.717, 1.165) is 16.3 Å². The molecule has 1 N–H and O–H groups in total. The maximum atomic E-state index is 12.4. The van der Waals surface area contributed by atoms with E-state index in [1.165, 1.54) is 11.8 Å². The molecule has 1 aliphatic heterocycles. The van der Waals surface area contributed by atoms with Gasteiger partial charge in [0.05, 0.1) is 23.2 Å². The van der Waals surface area contributed by atoms with Crippen LogP contribution in [-0.4, -0.2) is 34.0 Å². The number of carbonyl (C=O) groups excluding carboxylic acids is 2. The van der Waals surface area contributed by atoms with Crippen LogP contribution < -0.4 is 5.32 Å². The van der Waals surface area contributed by atoms with E-state index in [1.807, 2.05) is 42.5 Å². The fourth-order valence-electron chi connectivity index (χ4n) is 2.36. The lowest BCUT2D eigenvalue weighted by molar-refractivity contribution is -0.131. The number of nitrogens with one attached hydrogen (secondary N) is 1. The number of hydrogen-bond acceptors (Lipinski definition) is 4. The van der Waals surface area contributed by atoms with Gasteiger partial charge in [0.1, 0.15) is 0 Å². The smallest absolute Gasteiger partial charge is 0.238 e. The molecule has 6 heteroatoms. The van der Waals surface area contributed by atoms with Gasteiger partial charge in [0.25, 0.3) is 0 Å². The molecule has 0 saturated carbocycles. The fourth-order valence-corrected chi connectivity index (χ4v) is 3.47. The second-order valence-corrected chi connectivity index (χ2v) is 6.61. The topological polar surface area (TPSA) is 62.3 Å². The van der Waals surface area contributed by atoms with Gasteiger partial charge in [-0.15, -0.1) is 11.8 Å². The number of carbonyl (C=O) groups is 2. The maximum Gasteiger partial charge on any atom is 0.238 e. The number of thioether (sulfide) groups is 1. The third kappa shape index (κ3) is 3.71. The van der Waals surface area contributed by atoms with Gasteiger partial charge in [0.2, 0.25) is 11.8 Å². The van der Waals surface area contributed by atoms with Crippen LogP contribution >= 0.6 is 11.8 Å². The van der Waals surface area contributed by atoms with Crippen LogP contribution in [0, 0.1) is 0 Å². The van der Waals surface area contributed by atoms with Gasteiger partial charge in [0, 0.05) is 24.6 Å². The Morgan fingerprint density at radius 3 is 2.83 bits per heavy atom. The molecule has 2 aromatic rings. The van der Waals surface area contributed by atoms with E-state index in [-0.39, 0.29) is 18.2 Å². The fraction of sp³-hybridized carbons (Fsp3) is 0.235. The monoisotopic (exact) mass is 327 g/mol. The third-order valence-electron chi connectivity index (χ3n) is 3.62. The lowest BCUT2D eigenvalue weighted by Gasteiger charge is -2.25. The first-order valence-corrected chi connectivity index (χ1v) is 8.22. The number of aromatic nitrogens is 1. The molecule has 0 saturated heterocycles. The molecule has 1 unspecified atom stereocenters. The second-order valence-electron chi connectivity index (χ2n) is 5.37. The summed E-state index contributed by atoms with van der Waals surface area (Å²) in [5, 5.41) is 2.46. The Morgan fingerprint density at radius 2 is 2.04 bits per heavy atom. The Morgan fingerprint density at radius 1 is 1.26 bits per heavy atom. The number of nitrogens with zero attached hydrogens (tertiary/aromatic N) is 2. The summed E-state index contributed by atoms with van der Waals surface area (Å²) in [7, 11) is 1.73. The average molecular weight is 327 g/mol. The van der Waals surface area contributed by atoms with E-state index in [9.17, 15) is 9.59 Å². The summed E-state index contributed by atoms with van der Waals surface area (Å²) in [6.07, 6.45) is 1.88. The van der Waals surface area contributed by atoms with Crippen molar-refractivity contribution in [2.24, 2.45) is 0 Å². The molecule has 0 fully saturated rings.